The van der Waals surface area contributed by atoms with Crippen molar-refractivity contribution in [3.63, 3.8) is 0 Å². The molecule has 28 heavy (non-hydrogen) atoms. The highest BCUT2D eigenvalue weighted by molar-refractivity contribution is 7.90. The Balaban J connectivity index is 0.00000392. The quantitative estimate of drug-likeness (QED) is 0.476. The molecule has 0 fully saturated rings. The van der Waals surface area contributed by atoms with Gasteiger partial charge < -0.3 is 15.2 Å². The topological polar surface area (TPSA) is 108 Å². The first-order valence-corrected chi connectivity index (χ1v) is 9.67. The van der Waals surface area contributed by atoms with Crippen LogP contribution in [-0.4, -0.2) is 34.8 Å². The number of benzene rings is 2. The summed E-state index contributed by atoms with van der Waals surface area (Å²) in [7, 11) is -2.51. The van der Waals surface area contributed by atoms with E-state index in [1.54, 1.807) is 24.3 Å². The predicted molar refractivity (Wildman–Crippen MR) is 110 cm³/mol. The van der Waals surface area contributed by atoms with Crippen LogP contribution < -0.4 is 15.2 Å². The lowest BCUT2D eigenvalue weighted by Gasteiger charge is -2.09. The molecule has 0 aromatic heterocycles. The monoisotopic (exact) mass is 446 g/mol. The lowest BCUT2D eigenvalue weighted by molar-refractivity contribution is -0.115. The number of carbonyl (C=O) groups excluding carboxylic acids is 1. The molecule has 0 aliphatic carbocycles. The Labute approximate surface area is 174 Å². The molecule has 0 aliphatic heterocycles. The van der Waals surface area contributed by atoms with Gasteiger partial charge >= 0.3 is 0 Å². The van der Waals surface area contributed by atoms with Crippen LogP contribution in [0.25, 0.3) is 6.08 Å². The molecule has 7 nitrogen and oxygen atoms in total. The van der Waals surface area contributed by atoms with E-state index in [9.17, 15) is 13.2 Å². The smallest absolute Gasteiger partial charge is 0.264 e. The van der Waals surface area contributed by atoms with Gasteiger partial charge in [-0.1, -0.05) is 23.7 Å². The largest absolute Gasteiger partial charge is 0.468 e. The number of sulfonamides is 1. The second-order valence-corrected chi connectivity index (χ2v) is 7.50. The van der Waals surface area contributed by atoms with Gasteiger partial charge in [0.25, 0.3) is 15.9 Å². The molecule has 2 aromatic carbocycles. The lowest BCUT2D eigenvalue weighted by Crippen LogP contribution is -2.33. The Bertz CT molecular complexity index is 914. The van der Waals surface area contributed by atoms with Crippen LogP contribution in [0.5, 0.6) is 5.75 Å². The maximum atomic E-state index is 12.3. The van der Waals surface area contributed by atoms with Crippen LogP contribution in [0.4, 0.5) is 0 Å². The number of rotatable bonds is 8. The normalized spacial score (nSPS) is 11.5. The third kappa shape index (κ3) is 6.81. The minimum Gasteiger partial charge on any atom is -0.468 e. The third-order valence-electron chi connectivity index (χ3n) is 3.43. The summed E-state index contributed by atoms with van der Waals surface area (Å²) in [6, 6.07) is 12.3. The molecule has 0 saturated carbocycles. The fraction of sp³-hybridized carbons (Fsp3) is 0.167. The molecular formula is C18H20Cl2N2O5S. The molecule has 0 aliphatic rings. The number of methoxy groups -OCH3 is 1. The van der Waals surface area contributed by atoms with E-state index in [1.807, 2.05) is 4.72 Å². The molecule has 3 N–H and O–H groups in total. The Morgan fingerprint density at radius 1 is 1.14 bits per heavy atom. The molecule has 10 heteroatoms. The maximum absolute atomic E-state index is 12.3. The van der Waals surface area contributed by atoms with Crippen LogP contribution in [0.2, 0.25) is 5.02 Å². The number of nitrogens with two attached hydrogens (primary N) is 1. The van der Waals surface area contributed by atoms with Crippen molar-refractivity contribution in [3.8, 4) is 5.75 Å². The summed E-state index contributed by atoms with van der Waals surface area (Å²) in [6.07, 6.45) is 1.51. The van der Waals surface area contributed by atoms with Gasteiger partial charge in [-0.25, -0.2) is 13.1 Å². The fourth-order valence-electron chi connectivity index (χ4n) is 2.07. The van der Waals surface area contributed by atoms with E-state index >= 15 is 0 Å². The van der Waals surface area contributed by atoms with Gasteiger partial charge in [0.2, 0.25) is 0 Å². The van der Waals surface area contributed by atoms with E-state index < -0.39 is 15.9 Å². The van der Waals surface area contributed by atoms with Crippen LogP contribution in [-0.2, 0) is 19.6 Å². The highest BCUT2D eigenvalue weighted by atomic mass is 35.5. The van der Waals surface area contributed by atoms with Crippen LogP contribution in [0.15, 0.2) is 59.0 Å². The van der Waals surface area contributed by atoms with Crippen LogP contribution in [0, 0.1) is 0 Å². The summed E-state index contributed by atoms with van der Waals surface area (Å²) in [5.41, 5.74) is 6.39. The standard InChI is InChI=1S/C18H19ClN2O5S.ClH/c1-25-12-26-16-6-2-13(3-7-16)10-14(11-20)18(22)21-27(23,24)17-8-4-15(19)5-9-17;/h2-10H,11-12,20H2,1H3,(H,21,22);1H. The second-order valence-electron chi connectivity index (χ2n) is 5.38. The van der Waals surface area contributed by atoms with E-state index in [1.165, 1.54) is 37.5 Å². The first-order valence-electron chi connectivity index (χ1n) is 7.81. The molecule has 0 heterocycles. The number of nitrogens with one attached hydrogen (secondary N) is 1. The van der Waals surface area contributed by atoms with E-state index in [-0.39, 0.29) is 36.2 Å². The summed E-state index contributed by atoms with van der Waals surface area (Å²) in [6.45, 7) is -0.0158. The lowest BCUT2D eigenvalue weighted by atomic mass is 10.1. The van der Waals surface area contributed by atoms with Gasteiger partial charge in [0.05, 0.1) is 4.90 Å². The van der Waals surface area contributed by atoms with Gasteiger partial charge in [0, 0.05) is 24.3 Å². The van der Waals surface area contributed by atoms with Crippen molar-refractivity contribution in [2.45, 2.75) is 4.90 Å². The zero-order chi connectivity index (χ0) is 19.9. The van der Waals surface area contributed by atoms with E-state index in [0.29, 0.717) is 16.3 Å². The maximum Gasteiger partial charge on any atom is 0.264 e. The zero-order valence-corrected chi connectivity index (χ0v) is 17.3. The molecule has 0 unspecified atom stereocenters. The molecule has 2 rings (SSSR count). The number of hydrogen-bond donors (Lipinski definition) is 2. The van der Waals surface area contributed by atoms with Crippen LogP contribution in [0.1, 0.15) is 5.56 Å². The average molecular weight is 447 g/mol. The first-order chi connectivity index (χ1) is 12.9. The summed E-state index contributed by atoms with van der Waals surface area (Å²) in [5.74, 6) is -0.203. The van der Waals surface area contributed by atoms with E-state index in [4.69, 9.17) is 26.8 Å². The minimum absolute atomic E-state index is 0. The Morgan fingerprint density at radius 3 is 2.29 bits per heavy atom. The fourth-order valence-corrected chi connectivity index (χ4v) is 3.18. The van der Waals surface area contributed by atoms with E-state index in [0.717, 1.165) is 0 Å². The van der Waals surface area contributed by atoms with Gasteiger partial charge in [0.1, 0.15) is 5.75 Å². The summed E-state index contributed by atoms with van der Waals surface area (Å²) < 4.78 is 36.7. The van der Waals surface area contributed by atoms with Crippen molar-refractivity contribution in [3.05, 3.63) is 64.7 Å². The molecule has 1 amide bonds. The molecule has 2 aromatic rings. The van der Waals surface area contributed by atoms with Gasteiger partial charge in [-0.2, -0.15) is 0 Å². The number of hydrogen-bond acceptors (Lipinski definition) is 6. The van der Waals surface area contributed by atoms with Crippen LogP contribution >= 0.6 is 24.0 Å². The molecule has 0 atom stereocenters. The minimum atomic E-state index is -4.03. The van der Waals surface area contributed by atoms with Crippen molar-refractivity contribution >= 4 is 46.0 Å². The Kier molecular flexibility index (Phi) is 9.44. The van der Waals surface area contributed by atoms with Gasteiger partial charge in [0.15, 0.2) is 6.79 Å². The summed E-state index contributed by atoms with van der Waals surface area (Å²) >= 11 is 5.75. The predicted octanol–water partition coefficient (Wildman–Crippen LogP) is 2.59. The summed E-state index contributed by atoms with van der Waals surface area (Å²) in [5, 5.41) is 0.390. The number of amides is 1. The van der Waals surface area contributed by atoms with Gasteiger partial charge in [-0.05, 0) is 48.0 Å². The molecule has 0 saturated heterocycles. The van der Waals surface area contributed by atoms with Crippen molar-refractivity contribution in [2.75, 3.05) is 20.4 Å². The SMILES string of the molecule is COCOc1ccc(C=C(CN)C(=O)NS(=O)(=O)c2ccc(Cl)cc2)cc1.Cl. The molecule has 152 valence electrons. The van der Waals surface area contributed by atoms with Crippen molar-refractivity contribution < 1.29 is 22.7 Å². The average Bonchev–Trinajstić information content (AvgIpc) is 2.65. The third-order valence-corrected chi connectivity index (χ3v) is 5.03. The molecule has 0 radical (unpaired) electrons. The second kappa shape index (κ2) is 11.0. The highest BCUT2D eigenvalue weighted by Gasteiger charge is 2.19. The number of ether oxygens (including phenoxy) is 2. The first kappa shape index (κ1) is 23.9. The molecule has 0 spiro atoms. The number of halogens is 2. The van der Waals surface area contributed by atoms with E-state index in [2.05, 4.69) is 0 Å². The highest BCUT2D eigenvalue weighted by Crippen LogP contribution is 2.16. The van der Waals surface area contributed by atoms with Crippen molar-refractivity contribution in [1.29, 1.82) is 0 Å². The van der Waals surface area contributed by atoms with Gasteiger partial charge in [-0.15, -0.1) is 12.4 Å². The molecular weight excluding hydrogens is 427 g/mol. The Morgan fingerprint density at radius 2 is 1.75 bits per heavy atom. The van der Waals surface area contributed by atoms with Crippen molar-refractivity contribution in [2.24, 2.45) is 5.73 Å². The number of carbonyl (C=O) groups is 1. The molecule has 0 bridgehead atoms. The van der Waals surface area contributed by atoms with Gasteiger partial charge in [-0.3, -0.25) is 4.79 Å². The zero-order valence-electron chi connectivity index (χ0n) is 14.9. The van der Waals surface area contributed by atoms with Crippen LogP contribution in [0.3, 0.4) is 0 Å². The van der Waals surface area contributed by atoms with Crippen molar-refractivity contribution in [1.82, 2.24) is 4.72 Å². The summed E-state index contributed by atoms with van der Waals surface area (Å²) in [4.78, 5) is 12.3. The Hall–Kier alpha value is -2.10.